The molecule has 1 heterocycles. The summed E-state index contributed by atoms with van der Waals surface area (Å²) in [7, 11) is 1.69. The third-order valence-corrected chi connectivity index (χ3v) is 2.95. The molecule has 0 aromatic heterocycles. The van der Waals surface area contributed by atoms with Gasteiger partial charge in [-0.3, -0.25) is 0 Å². The van der Waals surface area contributed by atoms with Crippen LogP contribution < -0.4 is 15.4 Å². The van der Waals surface area contributed by atoms with Crippen molar-refractivity contribution < 1.29 is 4.74 Å². The van der Waals surface area contributed by atoms with E-state index in [1.807, 2.05) is 12.1 Å². The van der Waals surface area contributed by atoms with E-state index in [0.29, 0.717) is 6.54 Å². The Morgan fingerprint density at radius 3 is 2.67 bits per heavy atom. The van der Waals surface area contributed by atoms with Crippen molar-refractivity contribution in [2.24, 2.45) is 5.73 Å². The van der Waals surface area contributed by atoms with E-state index in [1.165, 1.54) is 24.1 Å². The summed E-state index contributed by atoms with van der Waals surface area (Å²) >= 11 is 0. The summed E-state index contributed by atoms with van der Waals surface area (Å²) < 4.78 is 5.20. The average Bonchev–Trinajstić information content (AvgIpc) is 2.81. The highest BCUT2D eigenvalue weighted by Gasteiger charge is 2.15. The van der Waals surface area contributed by atoms with Gasteiger partial charge in [-0.25, -0.2) is 0 Å². The summed E-state index contributed by atoms with van der Waals surface area (Å²) in [6.45, 7) is 2.88. The van der Waals surface area contributed by atoms with Gasteiger partial charge in [0, 0.05) is 25.3 Å². The van der Waals surface area contributed by atoms with Gasteiger partial charge in [-0.05, 0) is 36.6 Å². The van der Waals surface area contributed by atoms with Crippen LogP contribution in [0.2, 0.25) is 0 Å². The van der Waals surface area contributed by atoms with Crippen molar-refractivity contribution in [2.75, 3.05) is 25.1 Å². The number of hydrogen-bond donors (Lipinski definition) is 1. The molecule has 1 aromatic carbocycles. The highest BCUT2D eigenvalue weighted by Crippen LogP contribution is 2.27. The lowest BCUT2D eigenvalue weighted by molar-refractivity contribution is 0.414. The molecule has 3 heteroatoms. The maximum atomic E-state index is 5.76. The molecule has 0 spiro atoms. The largest absolute Gasteiger partial charge is 0.497 e. The normalized spacial score (nSPS) is 15.7. The van der Waals surface area contributed by atoms with Crippen LogP contribution in [0.3, 0.4) is 0 Å². The quantitative estimate of drug-likeness (QED) is 0.819. The van der Waals surface area contributed by atoms with Crippen LogP contribution in [-0.4, -0.2) is 20.2 Å². The number of rotatable bonds is 3. The molecule has 0 saturated carbocycles. The third-order valence-electron chi connectivity index (χ3n) is 2.95. The molecule has 0 amide bonds. The van der Waals surface area contributed by atoms with Crippen molar-refractivity contribution >= 4 is 5.69 Å². The van der Waals surface area contributed by atoms with Crippen LogP contribution in [0.25, 0.3) is 0 Å². The Balaban J connectivity index is 2.29. The number of hydrogen-bond acceptors (Lipinski definition) is 3. The molecule has 1 aliphatic rings. The minimum atomic E-state index is 0.572. The smallest absolute Gasteiger partial charge is 0.119 e. The topological polar surface area (TPSA) is 38.5 Å². The number of anilines is 1. The lowest BCUT2D eigenvalue weighted by Gasteiger charge is -2.21. The summed E-state index contributed by atoms with van der Waals surface area (Å²) in [4.78, 5) is 2.40. The highest BCUT2D eigenvalue weighted by molar-refractivity contribution is 5.56. The van der Waals surface area contributed by atoms with Crippen molar-refractivity contribution in [3.63, 3.8) is 0 Å². The molecule has 1 aliphatic heterocycles. The molecule has 1 aromatic rings. The lowest BCUT2D eigenvalue weighted by Crippen LogP contribution is -2.20. The van der Waals surface area contributed by atoms with Gasteiger partial charge in [-0.1, -0.05) is 0 Å². The van der Waals surface area contributed by atoms with Gasteiger partial charge in [0.25, 0.3) is 0 Å². The molecule has 0 radical (unpaired) electrons. The summed E-state index contributed by atoms with van der Waals surface area (Å²) in [5.74, 6) is 0.887. The molecule has 0 atom stereocenters. The maximum absolute atomic E-state index is 5.76. The van der Waals surface area contributed by atoms with Crippen LogP contribution in [-0.2, 0) is 6.54 Å². The Kier molecular flexibility index (Phi) is 3.11. The van der Waals surface area contributed by atoms with Crippen molar-refractivity contribution in [3.05, 3.63) is 23.8 Å². The Morgan fingerprint density at radius 1 is 1.33 bits per heavy atom. The fourth-order valence-corrected chi connectivity index (χ4v) is 2.12. The predicted molar refractivity (Wildman–Crippen MR) is 62.3 cm³/mol. The fourth-order valence-electron chi connectivity index (χ4n) is 2.12. The molecule has 2 rings (SSSR count). The minimum absolute atomic E-state index is 0.572. The fraction of sp³-hybridized carbons (Fsp3) is 0.500. The van der Waals surface area contributed by atoms with Crippen molar-refractivity contribution in [2.45, 2.75) is 19.4 Å². The van der Waals surface area contributed by atoms with Crippen LogP contribution in [0.4, 0.5) is 5.69 Å². The van der Waals surface area contributed by atoms with Gasteiger partial charge in [-0.15, -0.1) is 0 Å². The molecule has 0 bridgehead atoms. The van der Waals surface area contributed by atoms with E-state index in [1.54, 1.807) is 7.11 Å². The highest BCUT2D eigenvalue weighted by atomic mass is 16.5. The SMILES string of the molecule is COc1ccc(N2CCCC2)c(CN)c1. The zero-order chi connectivity index (χ0) is 10.7. The second kappa shape index (κ2) is 4.53. The number of benzene rings is 1. The van der Waals surface area contributed by atoms with Crippen molar-refractivity contribution in [1.82, 2.24) is 0 Å². The first kappa shape index (κ1) is 10.3. The Bertz CT molecular complexity index is 332. The van der Waals surface area contributed by atoms with Crippen molar-refractivity contribution in [1.29, 1.82) is 0 Å². The molecular formula is C12H18N2O. The van der Waals surface area contributed by atoms with Gasteiger partial charge < -0.3 is 15.4 Å². The van der Waals surface area contributed by atoms with E-state index in [-0.39, 0.29) is 0 Å². The molecule has 0 unspecified atom stereocenters. The Labute approximate surface area is 90.8 Å². The second-order valence-corrected chi connectivity index (χ2v) is 3.89. The van der Waals surface area contributed by atoms with E-state index in [4.69, 9.17) is 10.5 Å². The molecule has 1 fully saturated rings. The second-order valence-electron chi connectivity index (χ2n) is 3.89. The van der Waals surface area contributed by atoms with Gasteiger partial charge >= 0.3 is 0 Å². The molecule has 0 aliphatic carbocycles. The van der Waals surface area contributed by atoms with Gasteiger partial charge in [0.2, 0.25) is 0 Å². The van der Waals surface area contributed by atoms with Crippen LogP contribution in [0.15, 0.2) is 18.2 Å². The average molecular weight is 206 g/mol. The standard InChI is InChI=1S/C12H18N2O/c1-15-11-4-5-12(10(8-11)9-13)14-6-2-3-7-14/h4-5,8H,2-3,6-7,9,13H2,1H3. The molecule has 15 heavy (non-hydrogen) atoms. The maximum Gasteiger partial charge on any atom is 0.119 e. The molecule has 3 nitrogen and oxygen atoms in total. The summed E-state index contributed by atoms with van der Waals surface area (Å²) in [5.41, 5.74) is 8.21. The van der Waals surface area contributed by atoms with E-state index < -0.39 is 0 Å². The number of methoxy groups -OCH3 is 1. The molecule has 1 saturated heterocycles. The van der Waals surface area contributed by atoms with Crippen LogP contribution in [0.5, 0.6) is 5.75 Å². The van der Waals surface area contributed by atoms with Crippen molar-refractivity contribution in [3.8, 4) is 5.75 Å². The van der Waals surface area contributed by atoms with Crippen LogP contribution in [0.1, 0.15) is 18.4 Å². The van der Waals surface area contributed by atoms with Gasteiger partial charge in [0.15, 0.2) is 0 Å². The first-order chi connectivity index (χ1) is 7.35. The monoisotopic (exact) mass is 206 g/mol. The summed E-state index contributed by atoms with van der Waals surface area (Å²) in [6, 6.07) is 6.16. The van der Waals surface area contributed by atoms with E-state index in [0.717, 1.165) is 18.8 Å². The van der Waals surface area contributed by atoms with Gasteiger partial charge in [-0.2, -0.15) is 0 Å². The Hall–Kier alpha value is -1.22. The first-order valence-electron chi connectivity index (χ1n) is 5.47. The van der Waals surface area contributed by atoms with E-state index in [2.05, 4.69) is 11.0 Å². The van der Waals surface area contributed by atoms with Crippen LogP contribution >= 0.6 is 0 Å². The zero-order valence-electron chi connectivity index (χ0n) is 9.20. The predicted octanol–water partition coefficient (Wildman–Crippen LogP) is 1.75. The molecule has 2 N–H and O–H groups in total. The molecule has 82 valence electrons. The first-order valence-corrected chi connectivity index (χ1v) is 5.47. The number of nitrogens with zero attached hydrogens (tertiary/aromatic N) is 1. The number of ether oxygens (including phenoxy) is 1. The molecular weight excluding hydrogens is 188 g/mol. The number of nitrogens with two attached hydrogens (primary N) is 1. The van der Waals surface area contributed by atoms with Gasteiger partial charge in [0.05, 0.1) is 7.11 Å². The minimum Gasteiger partial charge on any atom is -0.497 e. The Morgan fingerprint density at radius 2 is 2.07 bits per heavy atom. The lowest BCUT2D eigenvalue weighted by atomic mass is 10.1. The van der Waals surface area contributed by atoms with E-state index >= 15 is 0 Å². The van der Waals surface area contributed by atoms with Gasteiger partial charge in [0.1, 0.15) is 5.75 Å². The third kappa shape index (κ3) is 2.07. The summed E-state index contributed by atoms with van der Waals surface area (Å²) in [6.07, 6.45) is 2.58. The zero-order valence-corrected chi connectivity index (χ0v) is 9.20. The summed E-state index contributed by atoms with van der Waals surface area (Å²) in [5, 5.41) is 0. The van der Waals surface area contributed by atoms with E-state index in [9.17, 15) is 0 Å². The van der Waals surface area contributed by atoms with Crippen LogP contribution in [0, 0.1) is 0 Å².